The summed E-state index contributed by atoms with van der Waals surface area (Å²) in [4.78, 5) is 0. The van der Waals surface area contributed by atoms with Crippen LogP contribution in [-0.2, 0) is 4.74 Å². The highest BCUT2D eigenvalue weighted by Gasteiger charge is 2.44. The smallest absolute Gasteiger partial charge is 0.408 e. The van der Waals surface area contributed by atoms with Crippen molar-refractivity contribution in [3.63, 3.8) is 0 Å². The Morgan fingerprint density at radius 2 is 1.83 bits per heavy atom. The highest BCUT2D eigenvalue weighted by molar-refractivity contribution is 8.00. The number of methoxy groups -OCH3 is 1. The number of alkyl halides is 3. The molecule has 0 unspecified atom stereocenters. The summed E-state index contributed by atoms with van der Waals surface area (Å²) in [6, 6.07) is 3.88. The quantitative estimate of drug-likeness (QED) is 0.772. The van der Waals surface area contributed by atoms with Crippen molar-refractivity contribution >= 4 is 23.5 Å². The van der Waals surface area contributed by atoms with Crippen LogP contribution in [-0.4, -0.2) is 24.6 Å². The number of benzene rings is 1. The lowest BCUT2D eigenvalue weighted by atomic mass is 10.1. The van der Waals surface area contributed by atoms with Gasteiger partial charge in [-0.05, 0) is 42.8 Å². The molecule has 0 amide bonds. The van der Waals surface area contributed by atoms with Gasteiger partial charge >= 0.3 is 6.18 Å². The number of nitrogens with one attached hydrogen (secondary N) is 2. The van der Waals surface area contributed by atoms with Crippen molar-refractivity contribution in [1.82, 2.24) is 15.2 Å². The minimum atomic E-state index is -4.42. The van der Waals surface area contributed by atoms with Gasteiger partial charge in [0.05, 0.1) is 7.11 Å². The number of ether oxygens (including phenoxy) is 1. The van der Waals surface area contributed by atoms with Gasteiger partial charge in [0.15, 0.2) is 0 Å². The van der Waals surface area contributed by atoms with Crippen LogP contribution in [0.15, 0.2) is 47.3 Å². The topological polar surface area (TPSA) is 36.5 Å². The van der Waals surface area contributed by atoms with E-state index in [0.29, 0.717) is 15.9 Å². The summed E-state index contributed by atoms with van der Waals surface area (Å²) in [6.07, 6.45) is -1.17. The first-order valence-corrected chi connectivity index (χ1v) is 7.67. The molecule has 23 heavy (non-hydrogen) atoms. The molecule has 0 saturated carbocycles. The Morgan fingerprint density at radius 3 is 2.30 bits per heavy atom. The van der Waals surface area contributed by atoms with E-state index in [1.165, 1.54) is 38.4 Å². The lowest BCUT2D eigenvalue weighted by Gasteiger charge is -2.30. The number of rotatable bonds is 5. The third-order valence-corrected chi connectivity index (χ3v) is 4.20. The van der Waals surface area contributed by atoms with Gasteiger partial charge in [-0.15, -0.1) is 0 Å². The van der Waals surface area contributed by atoms with Gasteiger partial charge in [0.1, 0.15) is 11.1 Å². The minimum Gasteiger partial charge on any atom is -0.481 e. The maximum atomic E-state index is 13.5. The Bertz CT molecular complexity index is 604. The molecular weight excluding hydrogens is 351 g/mol. The third kappa shape index (κ3) is 4.73. The zero-order valence-corrected chi connectivity index (χ0v) is 13.9. The molecule has 0 radical (unpaired) electrons. The predicted octanol–water partition coefficient (Wildman–Crippen LogP) is 3.96. The molecule has 1 aromatic carbocycles. The van der Waals surface area contributed by atoms with E-state index in [9.17, 15) is 13.2 Å². The van der Waals surface area contributed by atoms with Crippen LogP contribution in [0.5, 0.6) is 0 Å². The lowest BCUT2D eigenvalue weighted by molar-refractivity contribution is -0.169. The second kappa shape index (κ2) is 7.37. The van der Waals surface area contributed by atoms with E-state index in [2.05, 4.69) is 10.9 Å². The maximum absolute atomic E-state index is 13.5. The van der Waals surface area contributed by atoms with Crippen LogP contribution in [0.4, 0.5) is 13.2 Å². The van der Waals surface area contributed by atoms with Crippen LogP contribution in [0.2, 0.25) is 5.02 Å². The Morgan fingerprint density at radius 1 is 1.17 bits per heavy atom. The van der Waals surface area contributed by atoms with Gasteiger partial charge in [0.2, 0.25) is 5.88 Å². The molecule has 2 N–H and O–H groups in total. The third-order valence-electron chi connectivity index (χ3n) is 3.02. The van der Waals surface area contributed by atoms with Gasteiger partial charge in [-0.2, -0.15) is 13.2 Å². The summed E-state index contributed by atoms with van der Waals surface area (Å²) < 4.78 is 46.4. The number of hydrogen-bond acceptors (Lipinski definition) is 5. The van der Waals surface area contributed by atoms with Crippen LogP contribution in [0.25, 0.3) is 0 Å². The molecule has 1 aliphatic rings. The Balaban J connectivity index is 2.18. The Kier molecular flexibility index (Phi) is 5.72. The van der Waals surface area contributed by atoms with E-state index in [-0.39, 0.29) is 5.56 Å². The number of hydrogen-bond donors (Lipinski definition) is 2. The largest absolute Gasteiger partial charge is 0.481 e. The molecule has 2 rings (SSSR count). The summed E-state index contributed by atoms with van der Waals surface area (Å²) in [7, 11) is 2.87. The molecule has 1 aromatic rings. The zero-order chi connectivity index (χ0) is 17.0. The van der Waals surface area contributed by atoms with Crippen molar-refractivity contribution in [1.29, 1.82) is 0 Å². The van der Waals surface area contributed by atoms with Gasteiger partial charge in [0.25, 0.3) is 0 Å². The molecule has 9 heteroatoms. The van der Waals surface area contributed by atoms with Gasteiger partial charge < -0.3 is 4.74 Å². The van der Waals surface area contributed by atoms with E-state index in [1.54, 1.807) is 12.2 Å². The summed E-state index contributed by atoms with van der Waals surface area (Å²) in [5.41, 5.74) is 5.61. The van der Waals surface area contributed by atoms with Crippen LogP contribution in [0, 0.1) is 0 Å². The van der Waals surface area contributed by atoms with Crippen LogP contribution >= 0.6 is 23.5 Å². The first-order chi connectivity index (χ1) is 10.8. The fourth-order valence-corrected chi connectivity index (χ4v) is 3.00. The maximum Gasteiger partial charge on any atom is 0.408 e. The summed E-state index contributed by atoms with van der Waals surface area (Å²) in [6.45, 7) is 0. The Labute approximate surface area is 141 Å². The molecule has 126 valence electrons. The standard InChI is InChI=1S/C14H15ClF3N3OS/c1-21(23-12-8-7-11(22-2)19-20-12)13(14(16,17)18)9-3-5-10(15)6-4-9/h3-8,13,19-20H,1-2H3/t13-/m1/s1. The van der Waals surface area contributed by atoms with Gasteiger partial charge in [0, 0.05) is 11.1 Å². The first-order valence-electron chi connectivity index (χ1n) is 6.52. The fourth-order valence-electron chi connectivity index (χ4n) is 1.99. The summed E-state index contributed by atoms with van der Waals surface area (Å²) in [5.74, 6) is 0.474. The molecule has 0 saturated heterocycles. The van der Waals surface area contributed by atoms with Crippen molar-refractivity contribution < 1.29 is 17.9 Å². The minimum absolute atomic E-state index is 0.120. The number of allylic oxidation sites excluding steroid dienone is 2. The second-order valence-corrected chi connectivity index (χ2v) is 6.28. The highest BCUT2D eigenvalue weighted by atomic mass is 35.5. The van der Waals surface area contributed by atoms with E-state index in [4.69, 9.17) is 16.3 Å². The molecule has 1 aliphatic heterocycles. The van der Waals surface area contributed by atoms with Gasteiger partial charge in [-0.25, -0.2) is 4.31 Å². The first kappa shape index (κ1) is 17.8. The monoisotopic (exact) mass is 365 g/mol. The summed E-state index contributed by atoms with van der Waals surface area (Å²) >= 11 is 6.68. The van der Waals surface area contributed by atoms with E-state index < -0.39 is 12.2 Å². The van der Waals surface area contributed by atoms with E-state index in [1.807, 2.05) is 0 Å². The molecule has 0 aromatic heterocycles. The zero-order valence-electron chi connectivity index (χ0n) is 12.3. The molecule has 0 bridgehead atoms. The molecular formula is C14H15ClF3N3OS. The second-order valence-electron chi connectivity index (χ2n) is 4.65. The van der Waals surface area contributed by atoms with Crippen LogP contribution in [0.3, 0.4) is 0 Å². The predicted molar refractivity (Wildman–Crippen MR) is 85.0 cm³/mol. The van der Waals surface area contributed by atoms with Gasteiger partial charge in [-0.3, -0.25) is 10.9 Å². The van der Waals surface area contributed by atoms with E-state index in [0.717, 1.165) is 16.3 Å². The van der Waals surface area contributed by atoms with Crippen molar-refractivity contribution in [2.75, 3.05) is 14.2 Å². The molecule has 1 heterocycles. The molecule has 0 spiro atoms. The highest BCUT2D eigenvalue weighted by Crippen LogP contribution is 2.41. The van der Waals surface area contributed by atoms with Crippen molar-refractivity contribution in [3.8, 4) is 0 Å². The number of hydrazine groups is 1. The number of nitrogens with zero attached hydrogens (tertiary/aromatic N) is 1. The fraction of sp³-hybridized carbons (Fsp3) is 0.286. The van der Waals surface area contributed by atoms with Crippen molar-refractivity contribution in [3.05, 3.63) is 57.9 Å². The van der Waals surface area contributed by atoms with Crippen LogP contribution in [0.1, 0.15) is 11.6 Å². The molecule has 0 fully saturated rings. The molecule has 4 nitrogen and oxygen atoms in total. The van der Waals surface area contributed by atoms with Crippen molar-refractivity contribution in [2.45, 2.75) is 12.2 Å². The number of halogens is 4. The normalized spacial score (nSPS) is 16.1. The average molecular weight is 366 g/mol. The molecule has 0 aliphatic carbocycles. The SMILES string of the molecule is COC1=CC=C(SN(C)[C@H](c2ccc(Cl)cc2)C(F)(F)F)NN1. The van der Waals surface area contributed by atoms with E-state index >= 15 is 0 Å². The Hall–Kier alpha value is -1.51. The van der Waals surface area contributed by atoms with Crippen LogP contribution < -0.4 is 10.9 Å². The molecule has 1 atom stereocenters. The summed E-state index contributed by atoms with van der Waals surface area (Å²) in [5, 5.41) is 0.902. The van der Waals surface area contributed by atoms with Crippen molar-refractivity contribution in [2.24, 2.45) is 0 Å². The van der Waals surface area contributed by atoms with Gasteiger partial charge in [-0.1, -0.05) is 23.7 Å². The lowest BCUT2D eigenvalue weighted by Crippen LogP contribution is -2.36. The average Bonchev–Trinajstić information content (AvgIpc) is 2.49.